The van der Waals surface area contributed by atoms with Crippen LogP contribution in [0.2, 0.25) is 5.02 Å². The summed E-state index contributed by atoms with van der Waals surface area (Å²) in [6.45, 7) is 6.64. The summed E-state index contributed by atoms with van der Waals surface area (Å²) >= 11 is 7.68. The number of nitrogens with one attached hydrogen (secondary N) is 1. The second kappa shape index (κ2) is 13.9. The molecule has 3 aromatic rings. The van der Waals surface area contributed by atoms with Gasteiger partial charge in [0, 0.05) is 6.92 Å². The third-order valence-electron chi connectivity index (χ3n) is 5.46. The van der Waals surface area contributed by atoms with Gasteiger partial charge in [0.05, 0.1) is 23.1 Å². The summed E-state index contributed by atoms with van der Waals surface area (Å²) in [5.41, 5.74) is 2.55. The molecule has 0 unspecified atom stereocenters. The monoisotopic (exact) mass is 580 g/mol. The van der Waals surface area contributed by atoms with Gasteiger partial charge in [-0.05, 0) is 72.6 Å². The van der Waals surface area contributed by atoms with E-state index in [9.17, 15) is 9.59 Å². The van der Waals surface area contributed by atoms with Gasteiger partial charge < -0.3 is 24.3 Å². The summed E-state index contributed by atoms with van der Waals surface area (Å²) in [7, 11) is 0. The highest BCUT2D eigenvalue weighted by molar-refractivity contribution is 8.18. The van der Waals surface area contributed by atoms with E-state index in [1.807, 2.05) is 62.4 Å². The maximum absolute atomic E-state index is 12.3. The molecule has 0 bridgehead atoms. The highest BCUT2D eigenvalue weighted by atomic mass is 35.5. The van der Waals surface area contributed by atoms with Crippen molar-refractivity contribution >= 4 is 46.4 Å². The number of nitrogens with zero attached hydrogens (tertiary/aromatic N) is 1. The van der Waals surface area contributed by atoms with E-state index in [4.69, 9.17) is 30.5 Å². The molecule has 1 aliphatic rings. The van der Waals surface area contributed by atoms with Crippen molar-refractivity contribution in [1.82, 2.24) is 5.32 Å². The van der Waals surface area contributed by atoms with Crippen LogP contribution in [-0.4, -0.2) is 30.2 Å². The van der Waals surface area contributed by atoms with Gasteiger partial charge in [0.15, 0.2) is 28.2 Å². The van der Waals surface area contributed by atoms with E-state index in [-0.39, 0.29) is 17.7 Å². The minimum Gasteiger partial charge on any atom is -0.490 e. The predicted molar refractivity (Wildman–Crippen MR) is 157 cm³/mol. The zero-order valence-corrected chi connectivity index (χ0v) is 23.9. The molecule has 4 rings (SSSR count). The lowest BCUT2D eigenvalue weighted by Gasteiger charge is -2.16. The Balaban J connectivity index is 1.49. The Kier molecular flexibility index (Phi) is 10.1. The van der Waals surface area contributed by atoms with Crippen molar-refractivity contribution in [3.05, 3.63) is 87.3 Å². The Morgan fingerprint density at radius 2 is 1.62 bits per heavy atom. The van der Waals surface area contributed by atoms with E-state index < -0.39 is 5.91 Å². The molecule has 8 nitrogen and oxygen atoms in total. The molecule has 0 radical (unpaired) electrons. The number of halogens is 1. The number of amidine groups is 1. The third-order valence-corrected chi connectivity index (χ3v) is 6.64. The first kappa shape index (κ1) is 29.0. The molecule has 0 fully saturated rings. The van der Waals surface area contributed by atoms with Crippen molar-refractivity contribution in [1.29, 1.82) is 0 Å². The van der Waals surface area contributed by atoms with Crippen LogP contribution in [0.25, 0.3) is 6.08 Å². The fourth-order valence-electron chi connectivity index (χ4n) is 3.76. The standard InChI is InChI=1S/C30H29ClN2O6S/c1-4-36-25-14-21(11-12-24(25)38-17-20-9-7-6-8-10-20)18-39-28-23(31)13-22(15-26(28)37-5-2)16-27-29(35)33-30(40-27)32-19(3)34/h6-16H,4-5,17-18H2,1-3H3,(H,32,33,34,35)/b27-16+. The van der Waals surface area contributed by atoms with Crippen LogP contribution >= 0.6 is 23.4 Å². The largest absolute Gasteiger partial charge is 0.490 e. The number of aliphatic imine (C=N–C) groups is 1. The molecule has 0 saturated carbocycles. The average Bonchev–Trinajstić information content (AvgIpc) is 3.26. The van der Waals surface area contributed by atoms with Crippen LogP contribution in [0.4, 0.5) is 0 Å². The van der Waals surface area contributed by atoms with Crippen molar-refractivity contribution in [2.24, 2.45) is 4.99 Å². The molecule has 0 aliphatic carbocycles. The van der Waals surface area contributed by atoms with Crippen LogP contribution < -0.4 is 24.3 Å². The number of carbonyl (C=O) groups is 2. The molecule has 3 aromatic carbocycles. The lowest BCUT2D eigenvalue weighted by atomic mass is 10.1. The fourth-order valence-corrected chi connectivity index (χ4v) is 4.89. The van der Waals surface area contributed by atoms with Crippen LogP contribution in [-0.2, 0) is 22.8 Å². The SMILES string of the molecule is CCOc1cc(COc2c(Cl)cc(/C=C3/SC(NC(C)=O)=NC3=O)cc2OCC)ccc1OCc1ccccc1. The molecule has 0 aromatic heterocycles. The number of hydrogen-bond donors (Lipinski definition) is 1. The second-order valence-corrected chi connectivity index (χ2v) is 9.99. The zero-order valence-electron chi connectivity index (χ0n) is 22.4. The Morgan fingerprint density at radius 3 is 2.35 bits per heavy atom. The molecule has 0 saturated heterocycles. The van der Waals surface area contributed by atoms with Crippen LogP contribution in [0, 0.1) is 0 Å². The Labute approximate surface area is 242 Å². The first-order valence-electron chi connectivity index (χ1n) is 12.7. The van der Waals surface area contributed by atoms with Crippen molar-refractivity contribution in [3.8, 4) is 23.0 Å². The van der Waals surface area contributed by atoms with Gasteiger partial charge in [0.1, 0.15) is 13.2 Å². The molecule has 1 aliphatic heterocycles. The van der Waals surface area contributed by atoms with E-state index in [1.165, 1.54) is 6.92 Å². The number of amides is 2. The first-order chi connectivity index (χ1) is 19.4. The highest BCUT2D eigenvalue weighted by Crippen LogP contribution is 2.39. The summed E-state index contributed by atoms with van der Waals surface area (Å²) in [6.07, 6.45) is 1.64. The van der Waals surface area contributed by atoms with Crippen LogP contribution in [0.15, 0.2) is 70.6 Å². The molecular weight excluding hydrogens is 552 g/mol. The number of ether oxygens (including phenoxy) is 4. The van der Waals surface area contributed by atoms with Crippen molar-refractivity contribution < 1.29 is 28.5 Å². The second-order valence-electron chi connectivity index (χ2n) is 8.55. The Morgan fingerprint density at radius 1 is 0.900 bits per heavy atom. The minimum atomic E-state index is -0.440. The smallest absolute Gasteiger partial charge is 0.286 e. The van der Waals surface area contributed by atoms with Gasteiger partial charge in [-0.1, -0.05) is 48.0 Å². The molecule has 10 heteroatoms. The lowest BCUT2D eigenvalue weighted by molar-refractivity contribution is -0.117. The van der Waals surface area contributed by atoms with E-state index >= 15 is 0 Å². The van der Waals surface area contributed by atoms with Crippen LogP contribution in [0.3, 0.4) is 0 Å². The quantitative estimate of drug-likeness (QED) is 0.262. The van der Waals surface area contributed by atoms with Gasteiger partial charge in [0.2, 0.25) is 5.91 Å². The van der Waals surface area contributed by atoms with Gasteiger partial charge in [-0.2, -0.15) is 4.99 Å². The number of carbonyl (C=O) groups excluding carboxylic acids is 2. The molecule has 1 N–H and O–H groups in total. The lowest BCUT2D eigenvalue weighted by Crippen LogP contribution is -2.23. The molecule has 2 amide bonds. The predicted octanol–water partition coefficient (Wildman–Crippen LogP) is 6.40. The summed E-state index contributed by atoms with van der Waals surface area (Å²) in [4.78, 5) is 27.8. The molecule has 0 atom stereocenters. The maximum atomic E-state index is 12.3. The summed E-state index contributed by atoms with van der Waals surface area (Å²) in [5.74, 6) is 1.35. The van der Waals surface area contributed by atoms with E-state index in [0.717, 1.165) is 22.9 Å². The Bertz CT molecular complexity index is 1440. The third kappa shape index (κ3) is 7.80. The minimum absolute atomic E-state index is 0.210. The normalized spacial score (nSPS) is 13.7. The molecule has 208 valence electrons. The maximum Gasteiger partial charge on any atom is 0.286 e. The zero-order chi connectivity index (χ0) is 28.5. The molecular formula is C30H29ClN2O6S. The molecule has 1 heterocycles. The summed E-state index contributed by atoms with van der Waals surface area (Å²) in [6, 6.07) is 19.0. The van der Waals surface area contributed by atoms with Gasteiger partial charge in [-0.3, -0.25) is 9.59 Å². The summed E-state index contributed by atoms with van der Waals surface area (Å²) < 4.78 is 23.7. The van der Waals surface area contributed by atoms with Gasteiger partial charge in [-0.25, -0.2) is 0 Å². The molecule has 0 spiro atoms. The Hall–Kier alpha value is -3.95. The van der Waals surface area contributed by atoms with Crippen molar-refractivity contribution in [2.45, 2.75) is 34.0 Å². The van der Waals surface area contributed by atoms with Gasteiger partial charge in [0.25, 0.3) is 5.91 Å². The van der Waals surface area contributed by atoms with Crippen molar-refractivity contribution in [2.75, 3.05) is 13.2 Å². The summed E-state index contributed by atoms with van der Waals surface area (Å²) in [5, 5.41) is 3.09. The van der Waals surface area contributed by atoms with E-state index in [2.05, 4.69) is 10.3 Å². The number of rotatable bonds is 11. The highest BCUT2D eigenvalue weighted by Gasteiger charge is 2.23. The van der Waals surface area contributed by atoms with Crippen molar-refractivity contribution in [3.63, 3.8) is 0 Å². The van der Waals surface area contributed by atoms with E-state index in [1.54, 1.807) is 18.2 Å². The number of thioether (sulfide) groups is 1. The van der Waals surface area contributed by atoms with E-state index in [0.29, 0.717) is 58.3 Å². The van der Waals surface area contributed by atoms with Crippen LogP contribution in [0.1, 0.15) is 37.5 Å². The van der Waals surface area contributed by atoms with Crippen LogP contribution in [0.5, 0.6) is 23.0 Å². The van der Waals surface area contributed by atoms with Gasteiger partial charge in [-0.15, -0.1) is 0 Å². The average molecular weight is 581 g/mol. The topological polar surface area (TPSA) is 95.5 Å². The molecule has 40 heavy (non-hydrogen) atoms. The number of hydrogen-bond acceptors (Lipinski definition) is 7. The van der Waals surface area contributed by atoms with Gasteiger partial charge >= 0.3 is 0 Å². The fraction of sp³-hybridized carbons (Fsp3) is 0.233. The first-order valence-corrected chi connectivity index (χ1v) is 13.9. The number of benzene rings is 3.